The average Bonchev–Trinajstić information content (AvgIpc) is 2.46. The Morgan fingerprint density at radius 3 is 2.47 bits per heavy atom. The minimum atomic E-state index is 0.633. The first-order valence-corrected chi connectivity index (χ1v) is 7.95. The Morgan fingerprint density at radius 1 is 1.05 bits per heavy atom. The van der Waals surface area contributed by atoms with Crippen molar-refractivity contribution in [1.29, 1.82) is 0 Å². The molecule has 0 spiro atoms. The first kappa shape index (κ1) is 13.1. The van der Waals surface area contributed by atoms with Gasteiger partial charge in [-0.3, -0.25) is 0 Å². The zero-order valence-electron chi connectivity index (χ0n) is 11.1. The highest BCUT2D eigenvalue weighted by Gasteiger charge is 2.17. The molecule has 1 aliphatic heterocycles. The van der Waals surface area contributed by atoms with Gasteiger partial charge in [0.2, 0.25) is 0 Å². The van der Waals surface area contributed by atoms with E-state index in [-0.39, 0.29) is 0 Å². The third-order valence-electron chi connectivity index (χ3n) is 3.94. The van der Waals surface area contributed by atoms with Crippen LogP contribution in [0.4, 0.5) is 5.69 Å². The number of nitrogens with one attached hydrogen (secondary N) is 1. The van der Waals surface area contributed by atoms with Gasteiger partial charge in [0.1, 0.15) is 13.2 Å². The van der Waals surface area contributed by atoms with Gasteiger partial charge in [-0.2, -0.15) is 0 Å². The fourth-order valence-electron chi connectivity index (χ4n) is 2.85. The Bertz CT molecular complexity index is 444. The minimum Gasteiger partial charge on any atom is -0.486 e. The summed E-state index contributed by atoms with van der Waals surface area (Å²) in [7, 11) is 0. The van der Waals surface area contributed by atoms with Crippen molar-refractivity contribution in [3.63, 3.8) is 0 Å². The van der Waals surface area contributed by atoms with E-state index in [2.05, 4.69) is 21.2 Å². The maximum atomic E-state index is 5.63. The van der Waals surface area contributed by atoms with Gasteiger partial charge in [0.05, 0.1) is 5.69 Å². The number of hydrogen-bond donors (Lipinski definition) is 1. The molecule has 19 heavy (non-hydrogen) atoms. The molecule has 0 unspecified atom stereocenters. The second-order valence-electron chi connectivity index (χ2n) is 5.36. The van der Waals surface area contributed by atoms with Crippen molar-refractivity contribution in [2.45, 2.75) is 32.1 Å². The quantitative estimate of drug-likeness (QED) is 0.902. The number of halogens is 1. The van der Waals surface area contributed by atoms with E-state index in [9.17, 15) is 0 Å². The molecule has 0 aromatic heterocycles. The van der Waals surface area contributed by atoms with E-state index in [0.717, 1.165) is 34.1 Å². The molecule has 0 bridgehead atoms. The van der Waals surface area contributed by atoms with Gasteiger partial charge in [0.25, 0.3) is 0 Å². The molecule has 0 saturated heterocycles. The number of hydrogen-bond acceptors (Lipinski definition) is 3. The third-order valence-corrected chi connectivity index (χ3v) is 4.59. The Morgan fingerprint density at radius 2 is 1.74 bits per heavy atom. The first-order valence-electron chi connectivity index (χ1n) is 7.16. The van der Waals surface area contributed by atoms with Gasteiger partial charge in [-0.25, -0.2) is 0 Å². The van der Waals surface area contributed by atoms with E-state index in [1.54, 1.807) is 0 Å². The monoisotopic (exact) mass is 325 g/mol. The summed E-state index contributed by atoms with van der Waals surface area (Å²) >= 11 is 3.60. The summed E-state index contributed by atoms with van der Waals surface area (Å²) in [6.07, 6.45) is 6.89. The number of ether oxygens (including phenoxy) is 2. The highest BCUT2D eigenvalue weighted by atomic mass is 79.9. The molecule has 3 nitrogen and oxygen atoms in total. The van der Waals surface area contributed by atoms with Crippen molar-refractivity contribution >= 4 is 21.6 Å². The lowest BCUT2D eigenvalue weighted by molar-refractivity contribution is 0.171. The molecule has 1 heterocycles. The largest absolute Gasteiger partial charge is 0.486 e. The normalized spacial score (nSPS) is 19.2. The van der Waals surface area contributed by atoms with E-state index >= 15 is 0 Å². The predicted molar refractivity (Wildman–Crippen MR) is 80.2 cm³/mol. The summed E-state index contributed by atoms with van der Waals surface area (Å²) in [5.41, 5.74) is 1.11. The number of fused-ring (bicyclic) bond motifs is 1. The van der Waals surface area contributed by atoms with Crippen molar-refractivity contribution in [1.82, 2.24) is 0 Å². The molecule has 1 fully saturated rings. The van der Waals surface area contributed by atoms with E-state index < -0.39 is 0 Å². The van der Waals surface area contributed by atoms with Crippen molar-refractivity contribution in [3.8, 4) is 11.5 Å². The van der Waals surface area contributed by atoms with Crippen LogP contribution in [-0.2, 0) is 0 Å². The van der Waals surface area contributed by atoms with Crippen LogP contribution in [0.3, 0.4) is 0 Å². The van der Waals surface area contributed by atoms with E-state index in [0.29, 0.717) is 13.2 Å². The number of anilines is 1. The lowest BCUT2D eigenvalue weighted by Crippen LogP contribution is -2.18. The van der Waals surface area contributed by atoms with Crippen LogP contribution in [0, 0.1) is 5.92 Å². The maximum absolute atomic E-state index is 5.63. The summed E-state index contributed by atoms with van der Waals surface area (Å²) in [5.74, 6) is 2.50. The molecule has 1 aromatic rings. The topological polar surface area (TPSA) is 30.5 Å². The van der Waals surface area contributed by atoms with Gasteiger partial charge >= 0.3 is 0 Å². The Kier molecular flexibility index (Phi) is 4.16. The second-order valence-corrected chi connectivity index (χ2v) is 6.21. The SMILES string of the molecule is Brc1cc2c(cc1NCC1CCCCC1)OCCO2. The van der Waals surface area contributed by atoms with E-state index in [1.807, 2.05) is 12.1 Å². The molecular weight excluding hydrogens is 306 g/mol. The van der Waals surface area contributed by atoms with Crippen LogP contribution in [0.2, 0.25) is 0 Å². The number of benzene rings is 1. The molecule has 2 aliphatic rings. The molecule has 3 rings (SSSR count). The summed E-state index contributed by atoms with van der Waals surface area (Å²) in [5, 5.41) is 3.55. The zero-order chi connectivity index (χ0) is 13.1. The smallest absolute Gasteiger partial charge is 0.163 e. The van der Waals surface area contributed by atoms with Gasteiger partial charge in [0, 0.05) is 23.2 Å². The van der Waals surface area contributed by atoms with E-state index in [1.165, 1.54) is 32.1 Å². The molecule has 104 valence electrons. The number of rotatable bonds is 3. The van der Waals surface area contributed by atoms with Gasteiger partial charge in [0.15, 0.2) is 11.5 Å². The van der Waals surface area contributed by atoms with Gasteiger partial charge < -0.3 is 14.8 Å². The first-order chi connectivity index (χ1) is 9.33. The molecule has 4 heteroatoms. The standard InChI is InChI=1S/C15H20BrNO2/c16-12-8-14-15(19-7-6-18-14)9-13(12)17-10-11-4-2-1-3-5-11/h8-9,11,17H,1-7,10H2. The fraction of sp³-hybridized carbons (Fsp3) is 0.600. The van der Waals surface area contributed by atoms with Crippen LogP contribution in [0.5, 0.6) is 11.5 Å². The van der Waals surface area contributed by atoms with Crippen LogP contribution in [0.15, 0.2) is 16.6 Å². The maximum Gasteiger partial charge on any atom is 0.163 e. The molecule has 0 amide bonds. The molecule has 0 atom stereocenters. The van der Waals surface area contributed by atoms with Crippen LogP contribution in [-0.4, -0.2) is 19.8 Å². The molecule has 1 aromatic carbocycles. The lowest BCUT2D eigenvalue weighted by Gasteiger charge is -2.24. The predicted octanol–water partition coefficient (Wildman–Crippen LogP) is 4.21. The zero-order valence-corrected chi connectivity index (χ0v) is 12.7. The molecular formula is C15H20BrNO2. The second kappa shape index (κ2) is 6.04. The average molecular weight is 326 g/mol. The fourth-order valence-corrected chi connectivity index (χ4v) is 3.31. The van der Waals surface area contributed by atoms with E-state index in [4.69, 9.17) is 9.47 Å². The molecule has 1 N–H and O–H groups in total. The Labute approximate surface area is 122 Å². The van der Waals surface area contributed by atoms with Gasteiger partial charge in [-0.05, 0) is 34.7 Å². The summed E-state index contributed by atoms with van der Waals surface area (Å²) < 4.78 is 12.2. The van der Waals surface area contributed by atoms with Crippen LogP contribution < -0.4 is 14.8 Å². The summed E-state index contributed by atoms with van der Waals surface area (Å²) in [6, 6.07) is 4.04. The van der Waals surface area contributed by atoms with Crippen LogP contribution >= 0.6 is 15.9 Å². The van der Waals surface area contributed by atoms with Crippen molar-refractivity contribution < 1.29 is 9.47 Å². The van der Waals surface area contributed by atoms with Gasteiger partial charge in [-0.1, -0.05) is 19.3 Å². The van der Waals surface area contributed by atoms with Crippen molar-refractivity contribution in [2.75, 3.05) is 25.1 Å². The molecule has 1 aliphatic carbocycles. The molecule has 1 saturated carbocycles. The highest BCUT2D eigenvalue weighted by molar-refractivity contribution is 9.10. The van der Waals surface area contributed by atoms with Crippen molar-refractivity contribution in [3.05, 3.63) is 16.6 Å². The Balaban J connectivity index is 1.66. The Hall–Kier alpha value is -0.900. The highest BCUT2D eigenvalue weighted by Crippen LogP contribution is 2.38. The summed E-state index contributed by atoms with van der Waals surface area (Å²) in [4.78, 5) is 0. The van der Waals surface area contributed by atoms with Crippen LogP contribution in [0.25, 0.3) is 0 Å². The molecule has 0 radical (unpaired) electrons. The van der Waals surface area contributed by atoms with Crippen LogP contribution in [0.1, 0.15) is 32.1 Å². The third kappa shape index (κ3) is 3.16. The van der Waals surface area contributed by atoms with Crippen molar-refractivity contribution in [2.24, 2.45) is 5.92 Å². The lowest BCUT2D eigenvalue weighted by atomic mass is 9.89. The van der Waals surface area contributed by atoms with Gasteiger partial charge in [-0.15, -0.1) is 0 Å². The minimum absolute atomic E-state index is 0.633. The summed E-state index contributed by atoms with van der Waals surface area (Å²) in [6.45, 7) is 2.32.